The molecular formula is C20H15Cl2F4N3O2S2. The number of anilines is 1. The number of piperazine rings is 1. The molecule has 13 heteroatoms. The zero-order valence-corrected chi connectivity index (χ0v) is 19.8. The van der Waals surface area contributed by atoms with Crippen molar-refractivity contribution in [3.05, 3.63) is 63.2 Å². The van der Waals surface area contributed by atoms with E-state index in [1.807, 2.05) is 4.90 Å². The molecule has 0 radical (unpaired) electrons. The lowest BCUT2D eigenvalue weighted by Gasteiger charge is -2.34. The van der Waals surface area contributed by atoms with Crippen molar-refractivity contribution in [1.29, 1.82) is 0 Å². The van der Waals surface area contributed by atoms with Crippen LogP contribution in [0.15, 0.2) is 46.7 Å². The Bertz CT molecular complexity index is 1290. The van der Waals surface area contributed by atoms with Crippen LogP contribution in [0.1, 0.15) is 5.56 Å². The van der Waals surface area contributed by atoms with Gasteiger partial charge in [0, 0.05) is 37.1 Å². The first-order valence-electron chi connectivity index (χ1n) is 9.49. The minimum absolute atomic E-state index is 0.0193. The van der Waals surface area contributed by atoms with E-state index in [-0.39, 0.29) is 36.2 Å². The van der Waals surface area contributed by atoms with Gasteiger partial charge in [0.15, 0.2) is 5.13 Å². The summed E-state index contributed by atoms with van der Waals surface area (Å²) in [6.45, 7) is 0.665. The van der Waals surface area contributed by atoms with Crippen molar-refractivity contribution >= 4 is 49.7 Å². The van der Waals surface area contributed by atoms with E-state index in [0.29, 0.717) is 22.5 Å². The van der Waals surface area contributed by atoms with Crippen molar-refractivity contribution in [1.82, 2.24) is 9.29 Å². The summed E-state index contributed by atoms with van der Waals surface area (Å²) >= 11 is 13.1. The van der Waals surface area contributed by atoms with E-state index < -0.39 is 32.5 Å². The van der Waals surface area contributed by atoms with Crippen LogP contribution in [0.5, 0.6) is 0 Å². The van der Waals surface area contributed by atoms with E-state index in [0.717, 1.165) is 16.4 Å². The number of aromatic nitrogens is 1. The number of thiazole rings is 1. The molecule has 176 valence electrons. The zero-order chi connectivity index (χ0) is 24.0. The van der Waals surface area contributed by atoms with Crippen molar-refractivity contribution in [3.8, 4) is 11.3 Å². The fourth-order valence-corrected chi connectivity index (χ4v) is 6.33. The van der Waals surface area contributed by atoms with Crippen molar-refractivity contribution < 1.29 is 26.0 Å². The molecule has 3 aromatic rings. The maximum atomic E-state index is 13.4. The number of hydrogen-bond donors (Lipinski definition) is 0. The largest absolute Gasteiger partial charge is 0.416 e. The minimum atomic E-state index is -4.69. The van der Waals surface area contributed by atoms with Gasteiger partial charge in [-0.3, -0.25) is 0 Å². The molecule has 0 bridgehead atoms. The number of rotatable bonds is 4. The fourth-order valence-electron chi connectivity index (χ4n) is 3.33. The molecule has 4 rings (SSSR count). The van der Waals surface area contributed by atoms with E-state index in [9.17, 15) is 26.0 Å². The van der Waals surface area contributed by atoms with Gasteiger partial charge in [-0.25, -0.2) is 17.8 Å². The van der Waals surface area contributed by atoms with Crippen LogP contribution in [0, 0.1) is 5.82 Å². The average molecular weight is 540 g/mol. The minimum Gasteiger partial charge on any atom is -0.345 e. The van der Waals surface area contributed by atoms with Crippen LogP contribution >= 0.6 is 34.5 Å². The molecule has 2 heterocycles. The summed E-state index contributed by atoms with van der Waals surface area (Å²) in [6, 6.07) is 6.52. The Labute approximate surface area is 201 Å². The van der Waals surface area contributed by atoms with E-state index in [4.69, 9.17) is 23.2 Å². The highest BCUT2D eigenvalue weighted by molar-refractivity contribution is 7.89. The van der Waals surface area contributed by atoms with Crippen LogP contribution < -0.4 is 4.90 Å². The molecule has 0 atom stereocenters. The summed E-state index contributed by atoms with van der Waals surface area (Å²) < 4.78 is 79.6. The molecular weight excluding hydrogens is 525 g/mol. The maximum absolute atomic E-state index is 13.4. The van der Waals surface area contributed by atoms with Crippen LogP contribution in [0.2, 0.25) is 10.0 Å². The van der Waals surface area contributed by atoms with Crippen LogP contribution in [-0.4, -0.2) is 43.9 Å². The van der Waals surface area contributed by atoms with Gasteiger partial charge in [0.25, 0.3) is 0 Å². The molecule has 33 heavy (non-hydrogen) atoms. The molecule has 1 aliphatic heterocycles. The first-order valence-corrected chi connectivity index (χ1v) is 12.6. The van der Waals surface area contributed by atoms with Gasteiger partial charge in [0.05, 0.1) is 21.3 Å². The molecule has 1 saturated heterocycles. The zero-order valence-electron chi connectivity index (χ0n) is 16.6. The van der Waals surface area contributed by atoms with E-state index in [1.54, 1.807) is 11.4 Å². The molecule has 0 spiro atoms. The second-order valence-corrected chi connectivity index (χ2v) is 10.7. The van der Waals surface area contributed by atoms with Gasteiger partial charge in [0.1, 0.15) is 10.7 Å². The predicted molar refractivity (Wildman–Crippen MR) is 120 cm³/mol. The number of sulfonamides is 1. The van der Waals surface area contributed by atoms with E-state index in [1.165, 1.54) is 23.5 Å². The number of hydrogen-bond acceptors (Lipinski definition) is 5. The lowest BCUT2D eigenvalue weighted by Crippen LogP contribution is -2.48. The first kappa shape index (κ1) is 24.2. The van der Waals surface area contributed by atoms with Gasteiger partial charge >= 0.3 is 6.18 Å². The van der Waals surface area contributed by atoms with Crippen molar-refractivity contribution in [2.24, 2.45) is 0 Å². The smallest absolute Gasteiger partial charge is 0.345 e. The Morgan fingerprint density at radius 3 is 2.30 bits per heavy atom. The van der Waals surface area contributed by atoms with Crippen molar-refractivity contribution in [2.75, 3.05) is 31.1 Å². The Hall–Kier alpha value is -1.92. The van der Waals surface area contributed by atoms with Gasteiger partial charge < -0.3 is 4.90 Å². The lowest BCUT2D eigenvalue weighted by molar-refractivity contribution is -0.137. The number of nitrogens with zero attached hydrogens (tertiary/aromatic N) is 3. The Kier molecular flexibility index (Phi) is 6.62. The van der Waals surface area contributed by atoms with E-state index in [2.05, 4.69) is 4.98 Å². The molecule has 0 saturated carbocycles. The second-order valence-electron chi connectivity index (χ2n) is 7.18. The maximum Gasteiger partial charge on any atom is 0.416 e. The third-order valence-electron chi connectivity index (χ3n) is 5.09. The Morgan fingerprint density at radius 1 is 0.970 bits per heavy atom. The van der Waals surface area contributed by atoms with Gasteiger partial charge in [-0.1, -0.05) is 23.2 Å². The number of halogens is 6. The van der Waals surface area contributed by atoms with Crippen LogP contribution in [0.25, 0.3) is 11.3 Å². The highest BCUT2D eigenvalue weighted by atomic mass is 35.5. The third-order valence-corrected chi connectivity index (χ3v) is 8.66. The van der Waals surface area contributed by atoms with Crippen molar-refractivity contribution in [2.45, 2.75) is 11.1 Å². The van der Waals surface area contributed by atoms with Crippen LogP contribution in [-0.2, 0) is 16.2 Å². The first-order chi connectivity index (χ1) is 15.5. The quantitative estimate of drug-likeness (QED) is 0.394. The van der Waals surface area contributed by atoms with Crippen LogP contribution in [0.3, 0.4) is 0 Å². The van der Waals surface area contributed by atoms with Crippen LogP contribution in [0.4, 0.5) is 22.7 Å². The summed E-state index contributed by atoms with van der Waals surface area (Å²) in [5.74, 6) is -0.533. The molecule has 1 aromatic heterocycles. The highest BCUT2D eigenvalue weighted by Crippen LogP contribution is 2.35. The standard InChI is InChI=1S/C20H15Cl2F4N3O2S2/c21-14-3-2-13(20(24,25)26)10-18(14)33(30,31)29-7-5-28(6-8-29)19-27-17(11-32-19)12-1-4-16(23)15(22)9-12/h1-4,9-11H,5-8H2. The normalized spacial score (nSPS) is 15.8. The summed E-state index contributed by atoms with van der Waals surface area (Å²) in [6.07, 6.45) is -4.69. The topological polar surface area (TPSA) is 53.5 Å². The van der Waals surface area contributed by atoms with Gasteiger partial charge in [-0.05, 0) is 36.4 Å². The number of benzene rings is 2. The molecule has 0 N–H and O–H groups in total. The molecule has 1 aliphatic rings. The summed E-state index contributed by atoms with van der Waals surface area (Å²) in [4.78, 5) is 5.82. The van der Waals surface area contributed by atoms with E-state index >= 15 is 0 Å². The third kappa shape index (κ3) is 4.97. The monoisotopic (exact) mass is 539 g/mol. The Morgan fingerprint density at radius 2 is 1.67 bits per heavy atom. The average Bonchev–Trinajstić information content (AvgIpc) is 3.25. The summed E-state index contributed by atoms with van der Waals surface area (Å²) in [5.41, 5.74) is 0.160. The molecule has 1 fully saturated rings. The molecule has 0 amide bonds. The molecule has 5 nitrogen and oxygen atoms in total. The van der Waals surface area contributed by atoms with Gasteiger partial charge in [-0.15, -0.1) is 11.3 Å². The lowest BCUT2D eigenvalue weighted by atomic mass is 10.2. The second kappa shape index (κ2) is 9.03. The van der Waals surface area contributed by atoms with Gasteiger partial charge in [0.2, 0.25) is 10.0 Å². The molecule has 0 unspecified atom stereocenters. The SMILES string of the molecule is O=S(=O)(c1cc(C(F)(F)F)ccc1Cl)N1CCN(c2nc(-c3ccc(F)c(Cl)c3)cs2)CC1. The highest BCUT2D eigenvalue weighted by Gasteiger charge is 2.35. The Balaban J connectivity index is 1.49. The predicted octanol–water partition coefficient (Wildman–Crippen LogP) is 5.79. The van der Waals surface area contributed by atoms with Gasteiger partial charge in [-0.2, -0.15) is 17.5 Å². The number of alkyl halides is 3. The molecule has 2 aromatic carbocycles. The summed E-state index contributed by atoms with van der Waals surface area (Å²) in [7, 11) is -4.22. The van der Waals surface area contributed by atoms with Crippen molar-refractivity contribution in [3.63, 3.8) is 0 Å². The molecule has 0 aliphatic carbocycles. The summed E-state index contributed by atoms with van der Waals surface area (Å²) in [5, 5.41) is 2.13. The fraction of sp³-hybridized carbons (Fsp3) is 0.250.